The van der Waals surface area contributed by atoms with Crippen LogP contribution in [-0.4, -0.2) is 23.0 Å². The van der Waals surface area contributed by atoms with Crippen LogP contribution in [0.15, 0.2) is 76.6 Å². The maximum Gasteiger partial charge on any atom is 0.273 e. The molecule has 3 aromatic rings. The zero-order valence-electron chi connectivity index (χ0n) is 14.4. The highest BCUT2D eigenvalue weighted by Crippen LogP contribution is 2.22. The zero-order valence-corrected chi connectivity index (χ0v) is 16.0. The van der Waals surface area contributed by atoms with Gasteiger partial charge in [0.25, 0.3) is 11.8 Å². The Bertz CT molecular complexity index is 1040. The molecule has 0 radical (unpaired) electrons. The number of carbonyl (C=O) groups is 2. The molecule has 0 aliphatic heterocycles. The average Bonchev–Trinajstić information content (AvgIpc) is 2.70. The van der Waals surface area contributed by atoms with Crippen LogP contribution in [0.4, 0.5) is 10.1 Å². The maximum atomic E-state index is 13.2. The number of carbonyl (C=O) groups excluding carboxylic acids is 2. The van der Waals surface area contributed by atoms with Crippen LogP contribution in [-0.2, 0) is 0 Å². The van der Waals surface area contributed by atoms with E-state index < -0.39 is 17.6 Å². The minimum atomic E-state index is -0.532. The number of aromatic nitrogens is 1. The van der Waals surface area contributed by atoms with E-state index in [-0.39, 0.29) is 5.56 Å². The standard InChI is InChI=1S/C20H14BrFN4O2/c21-15-6-7-18(25-19(27)14-4-2-8-23-12-14)17(10-15)20(28)26-24-11-13-3-1-5-16(22)9-13/h1-12H,(H,25,27)(H,26,28)/b24-11+. The molecule has 0 aliphatic rings. The van der Waals surface area contributed by atoms with E-state index in [0.29, 0.717) is 21.3 Å². The smallest absolute Gasteiger partial charge is 0.273 e. The van der Waals surface area contributed by atoms with Crippen molar-refractivity contribution in [3.8, 4) is 0 Å². The van der Waals surface area contributed by atoms with Crippen molar-refractivity contribution in [2.24, 2.45) is 5.10 Å². The Morgan fingerprint density at radius 1 is 1.07 bits per heavy atom. The van der Waals surface area contributed by atoms with Crippen molar-refractivity contribution in [3.05, 3.63) is 94.0 Å². The molecular weight excluding hydrogens is 427 g/mol. The number of hydrogen-bond acceptors (Lipinski definition) is 4. The van der Waals surface area contributed by atoms with E-state index in [1.54, 1.807) is 48.7 Å². The van der Waals surface area contributed by atoms with Crippen molar-refractivity contribution in [1.82, 2.24) is 10.4 Å². The van der Waals surface area contributed by atoms with E-state index in [9.17, 15) is 14.0 Å². The van der Waals surface area contributed by atoms with Crippen LogP contribution in [0.2, 0.25) is 0 Å². The van der Waals surface area contributed by atoms with E-state index >= 15 is 0 Å². The van der Waals surface area contributed by atoms with Crippen molar-refractivity contribution < 1.29 is 14.0 Å². The number of nitrogens with one attached hydrogen (secondary N) is 2. The topological polar surface area (TPSA) is 83.5 Å². The van der Waals surface area contributed by atoms with Gasteiger partial charge in [-0.05, 0) is 48.0 Å². The molecule has 0 atom stereocenters. The summed E-state index contributed by atoms with van der Waals surface area (Å²) in [5, 5.41) is 6.53. The monoisotopic (exact) mass is 440 g/mol. The number of hydrogen-bond donors (Lipinski definition) is 2. The predicted octanol–water partition coefficient (Wildman–Crippen LogP) is 4.00. The highest BCUT2D eigenvalue weighted by atomic mass is 79.9. The first kappa shape index (κ1) is 19.4. The van der Waals surface area contributed by atoms with Gasteiger partial charge in [-0.1, -0.05) is 28.1 Å². The molecule has 28 heavy (non-hydrogen) atoms. The summed E-state index contributed by atoms with van der Waals surface area (Å²) in [7, 11) is 0. The molecule has 1 heterocycles. The minimum Gasteiger partial charge on any atom is -0.321 e. The van der Waals surface area contributed by atoms with Crippen LogP contribution in [0.1, 0.15) is 26.3 Å². The van der Waals surface area contributed by atoms with Gasteiger partial charge >= 0.3 is 0 Å². The Morgan fingerprint density at radius 2 is 1.93 bits per heavy atom. The second kappa shape index (κ2) is 9.01. The first-order chi connectivity index (χ1) is 13.5. The summed E-state index contributed by atoms with van der Waals surface area (Å²) in [5.74, 6) is -1.33. The van der Waals surface area contributed by atoms with Crippen LogP contribution < -0.4 is 10.7 Å². The van der Waals surface area contributed by atoms with E-state index in [2.05, 4.69) is 36.8 Å². The van der Waals surface area contributed by atoms with Crippen molar-refractivity contribution >= 4 is 39.6 Å². The fourth-order valence-electron chi connectivity index (χ4n) is 2.32. The molecule has 1 aromatic heterocycles. The molecule has 0 saturated heterocycles. The van der Waals surface area contributed by atoms with E-state index in [0.717, 1.165) is 0 Å². The second-order valence-corrected chi connectivity index (χ2v) is 6.56. The Morgan fingerprint density at radius 3 is 2.68 bits per heavy atom. The van der Waals surface area contributed by atoms with Crippen molar-refractivity contribution in [3.63, 3.8) is 0 Å². The van der Waals surface area contributed by atoms with Crippen LogP contribution in [0.5, 0.6) is 0 Å². The quantitative estimate of drug-likeness (QED) is 0.464. The summed E-state index contributed by atoms with van der Waals surface area (Å²) in [6.45, 7) is 0. The number of amides is 2. The minimum absolute atomic E-state index is 0.211. The normalized spacial score (nSPS) is 10.6. The number of benzene rings is 2. The number of halogens is 2. The summed E-state index contributed by atoms with van der Waals surface area (Å²) >= 11 is 3.31. The lowest BCUT2D eigenvalue weighted by molar-refractivity contribution is 0.0956. The van der Waals surface area contributed by atoms with Gasteiger partial charge in [-0.3, -0.25) is 14.6 Å². The fraction of sp³-hybridized carbons (Fsp3) is 0. The lowest BCUT2D eigenvalue weighted by atomic mass is 10.1. The number of hydrazone groups is 1. The van der Waals surface area contributed by atoms with Crippen LogP contribution in [0, 0.1) is 5.82 Å². The van der Waals surface area contributed by atoms with Crippen LogP contribution in [0.3, 0.4) is 0 Å². The molecule has 0 saturated carbocycles. The van der Waals surface area contributed by atoms with Gasteiger partial charge in [-0.25, -0.2) is 9.82 Å². The lowest BCUT2D eigenvalue weighted by Gasteiger charge is -2.10. The molecule has 140 valence electrons. The van der Waals surface area contributed by atoms with Gasteiger partial charge in [0.15, 0.2) is 0 Å². The number of nitrogens with zero attached hydrogens (tertiary/aromatic N) is 2. The SMILES string of the molecule is O=C(Nc1ccc(Br)cc1C(=O)N/N=C/c1cccc(F)c1)c1cccnc1. The molecule has 3 rings (SSSR count). The highest BCUT2D eigenvalue weighted by molar-refractivity contribution is 9.10. The first-order valence-electron chi connectivity index (χ1n) is 8.13. The van der Waals surface area contributed by atoms with Gasteiger partial charge in [0.2, 0.25) is 0 Å². The fourth-order valence-corrected chi connectivity index (χ4v) is 2.68. The largest absolute Gasteiger partial charge is 0.321 e. The van der Waals surface area contributed by atoms with Gasteiger partial charge in [0.05, 0.1) is 23.0 Å². The summed E-state index contributed by atoms with van der Waals surface area (Å²) in [4.78, 5) is 28.8. The summed E-state index contributed by atoms with van der Waals surface area (Å²) in [6, 6.07) is 13.9. The van der Waals surface area contributed by atoms with Gasteiger partial charge in [0.1, 0.15) is 5.82 Å². The first-order valence-corrected chi connectivity index (χ1v) is 8.92. The number of rotatable bonds is 5. The van der Waals surface area contributed by atoms with E-state index in [1.165, 1.54) is 24.5 Å². The highest BCUT2D eigenvalue weighted by Gasteiger charge is 2.15. The molecule has 0 aliphatic carbocycles. The molecule has 0 unspecified atom stereocenters. The molecule has 0 spiro atoms. The number of anilines is 1. The summed E-state index contributed by atoms with van der Waals surface area (Å²) in [5.41, 5.74) is 3.76. The van der Waals surface area contributed by atoms with Gasteiger partial charge in [-0.2, -0.15) is 5.10 Å². The Hall–Kier alpha value is -3.39. The maximum absolute atomic E-state index is 13.2. The van der Waals surface area contributed by atoms with Crippen molar-refractivity contribution in [2.45, 2.75) is 0 Å². The molecule has 0 fully saturated rings. The molecule has 2 N–H and O–H groups in total. The molecule has 6 nitrogen and oxygen atoms in total. The van der Waals surface area contributed by atoms with Crippen LogP contribution >= 0.6 is 15.9 Å². The predicted molar refractivity (Wildman–Crippen MR) is 108 cm³/mol. The summed E-state index contributed by atoms with van der Waals surface area (Å²) < 4.78 is 13.8. The van der Waals surface area contributed by atoms with E-state index in [1.807, 2.05) is 0 Å². The molecule has 8 heteroatoms. The van der Waals surface area contributed by atoms with Gasteiger partial charge in [0, 0.05) is 16.9 Å². The molecule has 2 amide bonds. The lowest BCUT2D eigenvalue weighted by Crippen LogP contribution is -2.21. The third-order valence-electron chi connectivity index (χ3n) is 3.63. The summed E-state index contributed by atoms with van der Waals surface area (Å²) in [6.07, 6.45) is 4.32. The average molecular weight is 441 g/mol. The van der Waals surface area contributed by atoms with Crippen molar-refractivity contribution in [1.29, 1.82) is 0 Å². The van der Waals surface area contributed by atoms with Crippen molar-refractivity contribution in [2.75, 3.05) is 5.32 Å². The number of pyridine rings is 1. The second-order valence-electron chi connectivity index (χ2n) is 5.64. The Labute approximate surface area is 168 Å². The molecule has 2 aromatic carbocycles. The molecule has 0 bridgehead atoms. The third kappa shape index (κ3) is 5.08. The van der Waals surface area contributed by atoms with E-state index in [4.69, 9.17) is 0 Å². The van der Waals surface area contributed by atoms with Crippen LogP contribution in [0.25, 0.3) is 0 Å². The van der Waals surface area contributed by atoms with Gasteiger partial charge < -0.3 is 5.32 Å². The Kier molecular flexibility index (Phi) is 6.23. The third-order valence-corrected chi connectivity index (χ3v) is 4.12. The zero-order chi connectivity index (χ0) is 19.9. The van der Waals surface area contributed by atoms with Gasteiger partial charge in [-0.15, -0.1) is 0 Å². The molecular formula is C20H14BrFN4O2. The Balaban J connectivity index is 1.76.